The molecule has 1 aromatic rings. The molecule has 0 heteroatoms. The molecule has 45 valence electrons. The van der Waals surface area contributed by atoms with Gasteiger partial charge in [0.25, 0.3) is 0 Å². The van der Waals surface area contributed by atoms with E-state index in [0.29, 0.717) is 0 Å². The minimum Gasteiger partial charge on any atom is -0.0870 e. The van der Waals surface area contributed by atoms with E-state index in [-0.39, 0.29) is 0 Å². The summed E-state index contributed by atoms with van der Waals surface area (Å²) in [6, 6.07) is 11.0. The molecule has 0 saturated heterocycles. The first-order valence-electron chi connectivity index (χ1n) is 3.03. The molecular formula is C9H9. The average Bonchev–Trinajstić information content (AvgIpc) is 1.91. The van der Waals surface area contributed by atoms with Crippen molar-refractivity contribution in [3.8, 4) is 0 Å². The Morgan fingerprint density at radius 1 is 1.44 bits per heavy atom. The number of rotatable bonds is 1. The van der Waals surface area contributed by atoms with E-state index in [1.165, 1.54) is 0 Å². The molecule has 0 amide bonds. The average molecular weight is 117 g/mol. The lowest BCUT2D eigenvalue weighted by Crippen LogP contribution is -1.66. The molecule has 1 rings (SSSR count). The van der Waals surface area contributed by atoms with Crippen molar-refractivity contribution in [2.24, 2.45) is 0 Å². The highest BCUT2D eigenvalue weighted by molar-refractivity contribution is 5.47. The Hall–Kier alpha value is -1.04. The van der Waals surface area contributed by atoms with Crippen LogP contribution in [0.1, 0.15) is 12.5 Å². The molecular weight excluding hydrogens is 108 g/mol. The normalized spacial score (nSPS) is 10.3. The molecule has 0 aromatic heterocycles. The predicted molar refractivity (Wildman–Crippen MR) is 40.0 cm³/mol. The standard InChI is InChI=1S/C9H9/c1-2-6-9-7-4-3-5-8-9/h2-7H,1H3/b6-2+. The minimum absolute atomic E-state index is 1.14. The number of allylic oxidation sites excluding steroid dienone is 1. The Balaban J connectivity index is 2.85. The fourth-order valence-corrected chi connectivity index (χ4v) is 0.690. The van der Waals surface area contributed by atoms with Gasteiger partial charge in [-0.15, -0.1) is 0 Å². The second-order valence-electron chi connectivity index (χ2n) is 1.82. The smallest absolute Gasteiger partial charge is 0.0106 e. The summed E-state index contributed by atoms with van der Waals surface area (Å²) >= 11 is 0. The molecule has 0 bridgehead atoms. The molecule has 0 aliphatic carbocycles. The number of benzene rings is 1. The molecule has 1 radical (unpaired) electrons. The molecule has 0 saturated carbocycles. The molecule has 0 unspecified atom stereocenters. The van der Waals surface area contributed by atoms with Crippen molar-refractivity contribution < 1.29 is 0 Å². The largest absolute Gasteiger partial charge is 0.0870 e. The molecule has 0 atom stereocenters. The van der Waals surface area contributed by atoms with E-state index in [2.05, 4.69) is 6.07 Å². The van der Waals surface area contributed by atoms with Gasteiger partial charge in [-0.05, 0) is 18.6 Å². The van der Waals surface area contributed by atoms with Crippen molar-refractivity contribution in [3.63, 3.8) is 0 Å². The van der Waals surface area contributed by atoms with Crippen molar-refractivity contribution in [3.05, 3.63) is 42.0 Å². The molecule has 1 aromatic carbocycles. The van der Waals surface area contributed by atoms with Crippen LogP contribution in [-0.4, -0.2) is 0 Å². The van der Waals surface area contributed by atoms with Crippen LogP contribution in [0, 0.1) is 6.07 Å². The van der Waals surface area contributed by atoms with Crippen molar-refractivity contribution in [1.29, 1.82) is 0 Å². The monoisotopic (exact) mass is 117 g/mol. The van der Waals surface area contributed by atoms with Crippen LogP contribution in [0.4, 0.5) is 0 Å². The highest BCUT2D eigenvalue weighted by Gasteiger charge is 1.78. The molecule has 0 spiro atoms. The van der Waals surface area contributed by atoms with Crippen LogP contribution in [0.25, 0.3) is 6.08 Å². The van der Waals surface area contributed by atoms with Crippen LogP contribution in [0.15, 0.2) is 30.3 Å². The first-order chi connectivity index (χ1) is 4.43. The lowest BCUT2D eigenvalue weighted by atomic mass is 10.2. The Labute approximate surface area is 55.8 Å². The number of hydrogen-bond acceptors (Lipinski definition) is 0. The molecule has 0 aliphatic rings. The maximum absolute atomic E-state index is 3.08. The van der Waals surface area contributed by atoms with Crippen LogP contribution < -0.4 is 0 Å². The van der Waals surface area contributed by atoms with E-state index < -0.39 is 0 Å². The zero-order valence-corrected chi connectivity index (χ0v) is 5.46. The van der Waals surface area contributed by atoms with Crippen LogP contribution in [0.2, 0.25) is 0 Å². The minimum atomic E-state index is 1.14. The van der Waals surface area contributed by atoms with Crippen LogP contribution in [0.5, 0.6) is 0 Å². The summed E-state index contributed by atoms with van der Waals surface area (Å²) in [6.45, 7) is 2.00. The summed E-state index contributed by atoms with van der Waals surface area (Å²) < 4.78 is 0. The summed E-state index contributed by atoms with van der Waals surface area (Å²) in [6.07, 6.45) is 4.03. The van der Waals surface area contributed by atoms with Crippen molar-refractivity contribution >= 4 is 6.08 Å². The number of hydrogen-bond donors (Lipinski definition) is 0. The third-order valence-electron chi connectivity index (χ3n) is 1.08. The third kappa shape index (κ3) is 1.73. The van der Waals surface area contributed by atoms with Gasteiger partial charge in [-0.25, -0.2) is 0 Å². The predicted octanol–water partition coefficient (Wildman–Crippen LogP) is 2.52. The molecule has 0 fully saturated rings. The van der Waals surface area contributed by atoms with Crippen LogP contribution >= 0.6 is 0 Å². The van der Waals surface area contributed by atoms with Crippen molar-refractivity contribution in [2.45, 2.75) is 6.92 Å². The Bertz CT molecular complexity index is 184. The SMILES string of the molecule is C/C=C/c1[c]cccc1. The Morgan fingerprint density at radius 3 is 2.89 bits per heavy atom. The molecule has 0 heterocycles. The first kappa shape index (κ1) is 6.09. The van der Waals surface area contributed by atoms with E-state index in [1.807, 2.05) is 43.3 Å². The second-order valence-corrected chi connectivity index (χ2v) is 1.82. The summed E-state index contributed by atoms with van der Waals surface area (Å²) in [4.78, 5) is 0. The van der Waals surface area contributed by atoms with Gasteiger partial charge in [0.2, 0.25) is 0 Å². The molecule has 9 heavy (non-hydrogen) atoms. The van der Waals surface area contributed by atoms with Gasteiger partial charge in [-0.1, -0.05) is 36.4 Å². The van der Waals surface area contributed by atoms with E-state index in [9.17, 15) is 0 Å². The lowest BCUT2D eigenvalue weighted by Gasteiger charge is -1.86. The van der Waals surface area contributed by atoms with Gasteiger partial charge in [-0.2, -0.15) is 0 Å². The summed E-state index contributed by atoms with van der Waals surface area (Å²) in [5, 5.41) is 0. The maximum atomic E-state index is 3.08. The highest BCUT2D eigenvalue weighted by Crippen LogP contribution is 1.98. The van der Waals surface area contributed by atoms with Gasteiger partial charge < -0.3 is 0 Å². The maximum Gasteiger partial charge on any atom is -0.0106 e. The topological polar surface area (TPSA) is 0 Å². The second kappa shape index (κ2) is 3.08. The molecule has 0 aliphatic heterocycles. The van der Waals surface area contributed by atoms with E-state index >= 15 is 0 Å². The fraction of sp³-hybridized carbons (Fsp3) is 0.111. The third-order valence-corrected chi connectivity index (χ3v) is 1.08. The van der Waals surface area contributed by atoms with Gasteiger partial charge in [0.15, 0.2) is 0 Å². The first-order valence-corrected chi connectivity index (χ1v) is 3.03. The van der Waals surface area contributed by atoms with Gasteiger partial charge in [0.05, 0.1) is 0 Å². The Morgan fingerprint density at radius 2 is 2.33 bits per heavy atom. The molecule has 0 N–H and O–H groups in total. The zero-order chi connectivity index (χ0) is 6.53. The van der Waals surface area contributed by atoms with Crippen molar-refractivity contribution in [2.75, 3.05) is 0 Å². The van der Waals surface area contributed by atoms with Gasteiger partial charge >= 0.3 is 0 Å². The quantitative estimate of drug-likeness (QED) is 0.530. The van der Waals surface area contributed by atoms with Crippen LogP contribution in [-0.2, 0) is 0 Å². The highest BCUT2D eigenvalue weighted by atomic mass is 13.8. The van der Waals surface area contributed by atoms with E-state index in [4.69, 9.17) is 0 Å². The summed E-state index contributed by atoms with van der Waals surface area (Å²) in [5.74, 6) is 0. The summed E-state index contributed by atoms with van der Waals surface area (Å²) in [5.41, 5.74) is 1.14. The molecule has 0 nitrogen and oxygen atoms in total. The zero-order valence-electron chi connectivity index (χ0n) is 5.46. The summed E-state index contributed by atoms with van der Waals surface area (Å²) in [7, 11) is 0. The fourth-order valence-electron chi connectivity index (χ4n) is 0.690. The van der Waals surface area contributed by atoms with Crippen LogP contribution in [0.3, 0.4) is 0 Å². The lowest BCUT2D eigenvalue weighted by molar-refractivity contribution is 1.63. The van der Waals surface area contributed by atoms with Gasteiger partial charge in [-0.3, -0.25) is 0 Å². The van der Waals surface area contributed by atoms with Gasteiger partial charge in [0, 0.05) is 0 Å². The Kier molecular flexibility index (Phi) is 2.08. The van der Waals surface area contributed by atoms with E-state index in [1.54, 1.807) is 0 Å². The van der Waals surface area contributed by atoms with Crippen molar-refractivity contribution in [1.82, 2.24) is 0 Å². The van der Waals surface area contributed by atoms with Gasteiger partial charge in [0.1, 0.15) is 0 Å². The van der Waals surface area contributed by atoms with E-state index in [0.717, 1.165) is 5.56 Å².